The molecule has 1 aromatic rings. The Morgan fingerprint density at radius 3 is 2.06 bits per heavy atom. The van der Waals surface area contributed by atoms with Crippen LogP contribution < -0.4 is 9.80 Å². The molecular weight excluding hydrogens is 466 g/mol. The van der Waals surface area contributed by atoms with Crippen molar-refractivity contribution in [3.63, 3.8) is 0 Å². The van der Waals surface area contributed by atoms with Crippen LogP contribution in [0.1, 0.15) is 96.5 Å². The van der Waals surface area contributed by atoms with Crippen LogP contribution in [0.4, 0.5) is 11.4 Å². The molecule has 0 radical (unpaired) electrons. The standard InChI is InChI=1S/C31H51N3O.ClH/c1-4-31(5-2)15-11-26(12-16-31)29-23-27(33-17-13-28(14-18-33)35-6-3)9-10-30(29)34-21-19-32(20-22-34)24-25-7-8-25;/h9-10,23,25-26,28H,4-8,11-22,24H2,1-3H3;1H. The zero-order chi connectivity index (χ0) is 24.3. The Labute approximate surface area is 227 Å². The number of hydrogen-bond donors (Lipinski definition) is 0. The number of rotatable bonds is 9. The van der Waals surface area contributed by atoms with Crippen molar-refractivity contribution in [2.24, 2.45) is 11.3 Å². The summed E-state index contributed by atoms with van der Waals surface area (Å²) in [5.74, 6) is 1.73. The van der Waals surface area contributed by atoms with Gasteiger partial charge in [-0.05, 0) is 99.3 Å². The largest absolute Gasteiger partial charge is 0.378 e. The summed E-state index contributed by atoms with van der Waals surface area (Å²) in [6, 6.07) is 7.54. The predicted octanol–water partition coefficient (Wildman–Crippen LogP) is 7.11. The zero-order valence-electron chi connectivity index (χ0n) is 23.4. The first-order chi connectivity index (χ1) is 17.1. The van der Waals surface area contributed by atoms with Crippen LogP contribution in [-0.2, 0) is 4.74 Å². The van der Waals surface area contributed by atoms with Crippen LogP contribution >= 0.6 is 12.4 Å². The van der Waals surface area contributed by atoms with E-state index in [4.69, 9.17) is 4.74 Å². The van der Waals surface area contributed by atoms with Crippen LogP contribution in [-0.4, -0.2) is 63.4 Å². The van der Waals surface area contributed by atoms with Crippen molar-refractivity contribution < 1.29 is 4.74 Å². The van der Waals surface area contributed by atoms with Crippen molar-refractivity contribution in [2.75, 3.05) is 62.2 Å². The number of ether oxygens (including phenoxy) is 1. The van der Waals surface area contributed by atoms with Crippen LogP contribution in [0, 0.1) is 11.3 Å². The Balaban J connectivity index is 0.00000304. The third-order valence-electron chi connectivity index (χ3n) is 10.1. The summed E-state index contributed by atoms with van der Waals surface area (Å²) in [4.78, 5) is 8.08. The van der Waals surface area contributed by atoms with Crippen molar-refractivity contribution >= 4 is 23.8 Å². The molecule has 1 aromatic carbocycles. The molecule has 5 heteroatoms. The average Bonchev–Trinajstić information content (AvgIpc) is 3.74. The Kier molecular flexibility index (Phi) is 9.91. The van der Waals surface area contributed by atoms with Gasteiger partial charge in [-0.3, -0.25) is 4.90 Å². The minimum Gasteiger partial charge on any atom is -0.378 e. The van der Waals surface area contributed by atoms with Gasteiger partial charge in [-0.1, -0.05) is 26.7 Å². The van der Waals surface area contributed by atoms with Gasteiger partial charge in [0.25, 0.3) is 0 Å². The molecule has 2 saturated carbocycles. The number of anilines is 2. The van der Waals surface area contributed by atoms with E-state index in [0.29, 0.717) is 11.5 Å². The summed E-state index contributed by atoms with van der Waals surface area (Å²) in [5, 5.41) is 0. The molecule has 36 heavy (non-hydrogen) atoms. The molecule has 2 saturated heterocycles. The van der Waals surface area contributed by atoms with Gasteiger partial charge in [0.2, 0.25) is 0 Å². The molecule has 0 aromatic heterocycles. The quantitative estimate of drug-likeness (QED) is 0.347. The van der Waals surface area contributed by atoms with Gasteiger partial charge in [-0.15, -0.1) is 12.4 Å². The summed E-state index contributed by atoms with van der Waals surface area (Å²) >= 11 is 0. The summed E-state index contributed by atoms with van der Waals surface area (Å²) in [5.41, 5.74) is 5.26. The minimum atomic E-state index is 0. The normalized spacial score (nSPS) is 24.1. The minimum absolute atomic E-state index is 0. The predicted molar refractivity (Wildman–Crippen MR) is 156 cm³/mol. The summed E-state index contributed by atoms with van der Waals surface area (Å²) in [7, 11) is 0. The van der Waals surface area contributed by atoms with Crippen LogP contribution in [0.2, 0.25) is 0 Å². The van der Waals surface area contributed by atoms with E-state index >= 15 is 0 Å². The fraction of sp³-hybridized carbons (Fsp3) is 0.806. The van der Waals surface area contributed by atoms with Crippen LogP contribution in [0.5, 0.6) is 0 Å². The average molecular weight is 518 g/mol. The van der Waals surface area contributed by atoms with Crippen molar-refractivity contribution in [3.8, 4) is 0 Å². The molecule has 4 aliphatic rings. The molecule has 0 atom stereocenters. The molecule has 0 N–H and O–H groups in total. The number of benzene rings is 1. The van der Waals surface area contributed by atoms with Crippen molar-refractivity contribution in [2.45, 2.75) is 97.0 Å². The maximum absolute atomic E-state index is 5.92. The third kappa shape index (κ3) is 6.53. The van der Waals surface area contributed by atoms with E-state index in [2.05, 4.69) is 53.7 Å². The number of piperidine rings is 1. The summed E-state index contributed by atoms with van der Waals surface area (Å²) < 4.78 is 5.92. The topological polar surface area (TPSA) is 19.0 Å². The molecule has 0 bridgehead atoms. The maximum Gasteiger partial charge on any atom is 0.0608 e. The van der Waals surface area contributed by atoms with Crippen LogP contribution in [0.15, 0.2) is 18.2 Å². The van der Waals surface area contributed by atoms with Gasteiger partial charge >= 0.3 is 0 Å². The number of piperazine rings is 1. The molecule has 0 unspecified atom stereocenters. The highest BCUT2D eigenvalue weighted by atomic mass is 35.5. The Bertz CT molecular complexity index is 798. The lowest BCUT2D eigenvalue weighted by Crippen LogP contribution is -2.47. The van der Waals surface area contributed by atoms with Crippen LogP contribution in [0.3, 0.4) is 0 Å². The van der Waals surface area contributed by atoms with E-state index in [-0.39, 0.29) is 12.4 Å². The van der Waals surface area contributed by atoms with E-state index in [0.717, 1.165) is 44.4 Å². The second-order valence-electron chi connectivity index (χ2n) is 12.1. The summed E-state index contributed by atoms with van der Waals surface area (Å²) in [6.07, 6.45) is 13.9. The number of nitrogens with zero attached hydrogens (tertiary/aromatic N) is 3. The lowest BCUT2D eigenvalue weighted by molar-refractivity contribution is 0.0459. The first kappa shape index (κ1) is 28.0. The molecule has 4 fully saturated rings. The third-order valence-corrected chi connectivity index (χ3v) is 10.1. The van der Waals surface area contributed by atoms with E-state index < -0.39 is 0 Å². The lowest BCUT2D eigenvalue weighted by atomic mass is 9.66. The molecule has 2 aliphatic heterocycles. The van der Waals surface area contributed by atoms with E-state index in [9.17, 15) is 0 Å². The Morgan fingerprint density at radius 2 is 1.47 bits per heavy atom. The van der Waals surface area contributed by atoms with Gasteiger partial charge in [0.05, 0.1) is 6.10 Å². The van der Waals surface area contributed by atoms with Gasteiger partial charge < -0.3 is 14.5 Å². The Morgan fingerprint density at radius 1 is 0.806 bits per heavy atom. The van der Waals surface area contributed by atoms with Gasteiger partial charge in [0.1, 0.15) is 0 Å². The van der Waals surface area contributed by atoms with Gasteiger partial charge in [-0.2, -0.15) is 0 Å². The SMILES string of the molecule is CCOC1CCN(c2ccc(N3CCN(CC4CC4)CC3)c(C3CCC(CC)(CC)CC3)c2)CC1.Cl. The second-order valence-corrected chi connectivity index (χ2v) is 12.1. The fourth-order valence-electron chi connectivity index (χ4n) is 7.21. The van der Waals surface area contributed by atoms with E-state index in [1.807, 2.05) is 0 Å². The van der Waals surface area contributed by atoms with Crippen molar-refractivity contribution in [1.29, 1.82) is 0 Å². The first-order valence-electron chi connectivity index (χ1n) is 15.1. The highest BCUT2D eigenvalue weighted by molar-refractivity contribution is 5.85. The van der Waals surface area contributed by atoms with E-state index in [1.54, 1.807) is 11.3 Å². The van der Waals surface area contributed by atoms with Crippen LogP contribution in [0.25, 0.3) is 0 Å². The first-order valence-corrected chi connectivity index (χ1v) is 15.1. The van der Waals surface area contributed by atoms with Gasteiger partial charge in [0, 0.05) is 63.8 Å². The molecule has 0 spiro atoms. The highest BCUT2D eigenvalue weighted by Gasteiger charge is 2.35. The molecule has 204 valence electrons. The molecule has 2 heterocycles. The fourth-order valence-corrected chi connectivity index (χ4v) is 7.21. The molecule has 4 nitrogen and oxygen atoms in total. The number of hydrogen-bond acceptors (Lipinski definition) is 4. The lowest BCUT2D eigenvalue weighted by Gasteiger charge is -2.42. The zero-order valence-corrected chi connectivity index (χ0v) is 24.2. The molecular formula is C31H52ClN3O. The molecule has 0 amide bonds. The molecule has 2 aliphatic carbocycles. The van der Waals surface area contributed by atoms with Gasteiger partial charge in [-0.25, -0.2) is 0 Å². The van der Waals surface area contributed by atoms with E-state index in [1.165, 1.54) is 89.8 Å². The maximum atomic E-state index is 5.92. The highest BCUT2D eigenvalue weighted by Crippen LogP contribution is 2.49. The summed E-state index contributed by atoms with van der Waals surface area (Å²) in [6.45, 7) is 16.3. The van der Waals surface area contributed by atoms with Gasteiger partial charge in [0.15, 0.2) is 0 Å². The molecule has 5 rings (SSSR count). The van der Waals surface area contributed by atoms with Crippen molar-refractivity contribution in [1.82, 2.24) is 4.90 Å². The monoisotopic (exact) mass is 517 g/mol. The number of halogens is 1. The Hall–Kier alpha value is -0.970. The smallest absolute Gasteiger partial charge is 0.0608 e. The second kappa shape index (κ2) is 12.7. The van der Waals surface area contributed by atoms with Crippen molar-refractivity contribution in [3.05, 3.63) is 23.8 Å².